The van der Waals surface area contributed by atoms with Gasteiger partial charge in [-0.2, -0.15) is 0 Å². The molecule has 0 N–H and O–H groups in total. The van der Waals surface area contributed by atoms with E-state index in [0.717, 1.165) is 25.3 Å². The monoisotopic (exact) mass is 367 g/mol. The predicted molar refractivity (Wildman–Crippen MR) is 120 cm³/mol. The number of rotatable bonds is 8. The van der Waals surface area contributed by atoms with E-state index in [2.05, 4.69) is 89.9 Å². The molecule has 1 fully saturated rings. The molecule has 1 aromatic rings. The number of benzene rings is 1. The molecular weight excluding hydrogens is 326 g/mol. The van der Waals surface area contributed by atoms with E-state index in [1.165, 1.54) is 24.0 Å². The first-order valence-electron chi connectivity index (χ1n) is 10.7. The lowest BCUT2D eigenvalue weighted by Crippen LogP contribution is -2.61. The highest BCUT2D eigenvalue weighted by Gasteiger charge is 2.45. The van der Waals surface area contributed by atoms with Gasteiger partial charge in [0.25, 0.3) is 0 Å². The van der Waals surface area contributed by atoms with Crippen LogP contribution in [0.1, 0.15) is 78.7 Å². The second kappa shape index (κ2) is 8.78. The summed E-state index contributed by atoms with van der Waals surface area (Å²) in [4.78, 5) is 2.77. The van der Waals surface area contributed by atoms with Gasteiger partial charge in [-0.25, -0.2) is 0 Å². The lowest BCUT2D eigenvalue weighted by atomic mass is 9.71. The number of allylic oxidation sites excluding steroid dienone is 2. The average Bonchev–Trinajstić information content (AvgIpc) is 2.57. The molecule has 27 heavy (non-hydrogen) atoms. The Morgan fingerprint density at radius 3 is 2.19 bits per heavy atom. The van der Waals surface area contributed by atoms with Crippen molar-refractivity contribution in [3.05, 3.63) is 60.7 Å². The quantitative estimate of drug-likeness (QED) is 0.438. The van der Waals surface area contributed by atoms with Crippen molar-refractivity contribution in [2.75, 3.05) is 6.54 Å². The number of piperidine rings is 1. The van der Waals surface area contributed by atoms with Crippen LogP contribution in [0.3, 0.4) is 0 Å². The number of hydrogen-bond donors (Lipinski definition) is 0. The summed E-state index contributed by atoms with van der Waals surface area (Å²) in [6.07, 6.45) is 6.79. The Balaban J connectivity index is 2.07. The molecule has 2 rings (SSSR count). The summed E-state index contributed by atoms with van der Waals surface area (Å²) in [5.41, 5.74) is 3.25. The lowest BCUT2D eigenvalue weighted by molar-refractivity contribution is -0.0542. The molecule has 0 amide bonds. The third-order valence-electron chi connectivity index (χ3n) is 6.45. The summed E-state index contributed by atoms with van der Waals surface area (Å²) in [5.74, 6) is 1.80. The van der Waals surface area contributed by atoms with Crippen LogP contribution < -0.4 is 0 Å². The van der Waals surface area contributed by atoms with Gasteiger partial charge in [-0.1, -0.05) is 62.4 Å². The lowest BCUT2D eigenvalue weighted by Gasteiger charge is -2.56. The molecule has 1 aliphatic heterocycles. The van der Waals surface area contributed by atoms with Crippen molar-refractivity contribution >= 4 is 0 Å². The first-order chi connectivity index (χ1) is 12.5. The van der Waals surface area contributed by atoms with E-state index in [4.69, 9.17) is 0 Å². The minimum Gasteiger partial charge on any atom is -0.292 e. The molecular formula is C26H41N. The van der Waals surface area contributed by atoms with Crippen LogP contribution in [0, 0.1) is 11.8 Å². The molecule has 1 nitrogen and oxygen atoms in total. The van der Waals surface area contributed by atoms with E-state index < -0.39 is 0 Å². The zero-order chi connectivity index (χ0) is 20.2. The zero-order valence-corrected chi connectivity index (χ0v) is 18.6. The van der Waals surface area contributed by atoms with Gasteiger partial charge in [0.1, 0.15) is 0 Å². The molecule has 0 aromatic heterocycles. The van der Waals surface area contributed by atoms with Gasteiger partial charge in [-0.3, -0.25) is 4.90 Å². The van der Waals surface area contributed by atoms with E-state index in [1.54, 1.807) is 0 Å². The second-order valence-electron chi connectivity index (χ2n) is 10.2. The van der Waals surface area contributed by atoms with E-state index >= 15 is 0 Å². The van der Waals surface area contributed by atoms with Crippen molar-refractivity contribution in [2.24, 2.45) is 11.8 Å². The fraction of sp³-hybridized carbons (Fsp3) is 0.615. The number of hydrogen-bond acceptors (Lipinski definition) is 1. The first kappa shape index (κ1) is 22.0. The van der Waals surface area contributed by atoms with Crippen molar-refractivity contribution in [3.8, 4) is 0 Å². The van der Waals surface area contributed by atoms with E-state index in [-0.39, 0.29) is 11.1 Å². The first-order valence-corrected chi connectivity index (χ1v) is 10.7. The molecule has 0 saturated carbocycles. The molecule has 2 atom stereocenters. The Bertz CT molecular complexity index is 607. The maximum Gasteiger partial charge on any atom is 0.0161 e. The number of likely N-dealkylation sites (tertiary alicyclic amines) is 1. The van der Waals surface area contributed by atoms with Crippen molar-refractivity contribution < 1.29 is 0 Å². The molecule has 0 radical (unpaired) electrons. The van der Waals surface area contributed by atoms with E-state index in [0.29, 0.717) is 11.8 Å². The van der Waals surface area contributed by atoms with Crippen LogP contribution in [0.4, 0.5) is 0 Å². The Hall–Kier alpha value is -1.34. The van der Waals surface area contributed by atoms with Gasteiger partial charge in [-0.05, 0) is 76.7 Å². The molecule has 0 spiro atoms. The highest BCUT2D eigenvalue weighted by Crippen LogP contribution is 2.44. The third kappa shape index (κ3) is 5.82. The van der Waals surface area contributed by atoms with Crippen LogP contribution >= 0.6 is 0 Å². The smallest absolute Gasteiger partial charge is 0.0161 e. The maximum atomic E-state index is 4.38. The largest absolute Gasteiger partial charge is 0.292 e. The van der Waals surface area contributed by atoms with Gasteiger partial charge in [-0.15, -0.1) is 6.58 Å². The topological polar surface area (TPSA) is 3.24 Å². The molecule has 1 saturated heterocycles. The van der Waals surface area contributed by atoms with Crippen LogP contribution in [0.5, 0.6) is 0 Å². The molecule has 0 bridgehead atoms. The van der Waals surface area contributed by atoms with Crippen molar-refractivity contribution in [3.63, 3.8) is 0 Å². The van der Waals surface area contributed by atoms with Crippen LogP contribution in [0.2, 0.25) is 0 Å². The van der Waals surface area contributed by atoms with Crippen molar-refractivity contribution in [1.82, 2.24) is 4.90 Å². The van der Waals surface area contributed by atoms with Gasteiger partial charge in [0, 0.05) is 17.6 Å². The highest BCUT2D eigenvalue weighted by molar-refractivity contribution is 5.20. The van der Waals surface area contributed by atoms with Crippen molar-refractivity contribution in [2.45, 2.75) is 84.2 Å². The second-order valence-corrected chi connectivity index (χ2v) is 10.2. The average molecular weight is 368 g/mol. The standard InChI is InChI=1S/C26H41N/c1-9-20(2)15-21(3)16-23-17-25(5,6)27(26(7,8)18-23)19-22(4)24-13-11-10-12-14-24/h9-14,20,22-23H,1,3,15-19H2,2,4-8H3. The van der Waals surface area contributed by atoms with Crippen LogP contribution in [0.25, 0.3) is 0 Å². The SMILES string of the molecule is C=CC(C)CC(=C)CC1CC(C)(C)N(CC(C)c2ccccc2)C(C)(C)C1. The zero-order valence-electron chi connectivity index (χ0n) is 18.6. The summed E-state index contributed by atoms with van der Waals surface area (Å²) >= 11 is 0. The summed E-state index contributed by atoms with van der Waals surface area (Å²) in [7, 11) is 0. The van der Waals surface area contributed by atoms with Crippen LogP contribution in [-0.2, 0) is 0 Å². The van der Waals surface area contributed by atoms with E-state index in [1.807, 2.05) is 6.08 Å². The fourth-order valence-electron chi connectivity index (χ4n) is 5.35. The summed E-state index contributed by atoms with van der Waals surface area (Å²) in [6.45, 7) is 23.8. The summed E-state index contributed by atoms with van der Waals surface area (Å²) in [5, 5.41) is 0. The van der Waals surface area contributed by atoms with Gasteiger partial charge >= 0.3 is 0 Å². The Labute approximate surface area is 168 Å². The van der Waals surface area contributed by atoms with Gasteiger partial charge in [0.2, 0.25) is 0 Å². The molecule has 2 unspecified atom stereocenters. The minimum absolute atomic E-state index is 0.208. The number of nitrogens with zero attached hydrogens (tertiary/aromatic N) is 1. The van der Waals surface area contributed by atoms with Crippen molar-refractivity contribution in [1.29, 1.82) is 0 Å². The molecule has 0 aliphatic carbocycles. The normalized spacial score (nSPS) is 22.1. The van der Waals surface area contributed by atoms with Crippen LogP contribution in [-0.4, -0.2) is 22.5 Å². The minimum atomic E-state index is 0.208. The Kier molecular flexibility index (Phi) is 7.14. The van der Waals surface area contributed by atoms with Crippen LogP contribution in [0.15, 0.2) is 55.1 Å². The maximum absolute atomic E-state index is 4.38. The van der Waals surface area contributed by atoms with Gasteiger partial charge in [0.15, 0.2) is 0 Å². The molecule has 1 aromatic carbocycles. The molecule has 1 aliphatic rings. The fourth-order valence-corrected chi connectivity index (χ4v) is 5.35. The summed E-state index contributed by atoms with van der Waals surface area (Å²) < 4.78 is 0. The molecule has 1 heteroatoms. The predicted octanol–water partition coefficient (Wildman–Crippen LogP) is 7.22. The Morgan fingerprint density at radius 1 is 1.11 bits per heavy atom. The van der Waals surface area contributed by atoms with Gasteiger partial charge < -0.3 is 0 Å². The Morgan fingerprint density at radius 2 is 1.67 bits per heavy atom. The van der Waals surface area contributed by atoms with E-state index in [9.17, 15) is 0 Å². The summed E-state index contributed by atoms with van der Waals surface area (Å²) in [6, 6.07) is 11.0. The van der Waals surface area contributed by atoms with Gasteiger partial charge in [0.05, 0.1) is 0 Å². The highest BCUT2D eigenvalue weighted by atomic mass is 15.3. The molecule has 1 heterocycles. The molecule has 150 valence electrons. The third-order valence-corrected chi connectivity index (χ3v) is 6.45.